The second-order valence-electron chi connectivity index (χ2n) is 3.28. The van der Waals surface area contributed by atoms with Gasteiger partial charge in [-0.05, 0) is 20.8 Å². The van der Waals surface area contributed by atoms with Gasteiger partial charge in [-0.2, -0.15) is 0 Å². The summed E-state index contributed by atoms with van der Waals surface area (Å²) in [6.45, 7) is 11.6. The largest absolute Gasteiger partial charge is 1.00 e. The van der Waals surface area contributed by atoms with Crippen LogP contribution in [0.3, 0.4) is 0 Å². The average molecular weight is 219 g/mol. The Balaban J connectivity index is 0. The molecule has 0 bridgehead atoms. The molecule has 15 heavy (non-hydrogen) atoms. The van der Waals surface area contributed by atoms with Crippen molar-refractivity contribution in [2.45, 2.75) is 26.8 Å². The monoisotopic (exact) mass is 219 g/mol. The van der Waals surface area contributed by atoms with Crippen LogP contribution in [0.15, 0.2) is 24.4 Å². The van der Waals surface area contributed by atoms with E-state index in [4.69, 9.17) is 0 Å². The Labute approximate surface area is 112 Å². The van der Waals surface area contributed by atoms with Gasteiger partial charge in [-0.1, -0.05) is 13.2 Å². The van der Waals surface area contributed by atoms with Crippen LogP contribution in [0.5, 0.6) is 0 Å². The Morgan fingerprint density at radius 3 is 1.87 bits per heavy atom. The summed E-state index contributed by atoms with van der Waals surface area (Å²) in [4.78, 5) is 23.1. The van der Waals surface area contributed by atoms with E-state index in [1.54, 1.807) is 13.8 Å². The summed E-state index contributed by atoms with van der Waals surface area (Å²) >= 11 is 0. The van der Waals surface area contributed by atoms with Crippen molar-refractivity contribution in [1.29, 1.82) is 0 Å². The maximum atomic E-state index is 11.5. The molecule has 0 N–H and O–H groups in total. The average Bonchev–Trinajstić information content (AvgIpc) is 2.03. The predicted molar refractivity (Wildman–Crippen MR) is 50.9 cm³/mol. The number of carbonyl (C=O) groups excluding carboxylic acids is 2. The van der Waals surface area contributed by atoms with E-state index >= 15 is 0 Å². The fourth-order valence-electron chi connectivity index (χ4n) is 0.973. The number of carbonyl (C=O) groups is 2. The summed E-state index contributed by atoms with van der Waals surface area (Å²) in [6.07, 6.45) is 0. The first-order chi connectivity index (χ1) is 6.29. The molecule has 0 aliphatic heterocycles. The molecule has 0 heterocycles. The topological polar surface area (TPSA) is 60.4 Å². The van der Waals surface area contributed by atoms with Crippen LogP contribution in [-0.2, 0) is 9.59 Å². The fourth-order valence-corrected chi connectivity index (χ4v) is 0.973. The van der Waals surface area contributed by atoms with Crippen molar-refractivity contribution in [1.82, 2.24) is 4.90 Å². The third kappa shape index (κ3) is 4.64. The van der Waals surface area contributed by atoms with Crippen LogP contribution in [0.4, 0.5) is 0 Å². The Kier molecular flexibility index (Phi) is 7.66. The number of hydrogen-bond acceptors (Lipinski definition) is 3. The number of aliphatic carboxylic acids is 1. The third-order valence-corrected chi connectivity index (χ3v) is 1.63. The van der Waals surface area contributed by atoms with E-state index in [0.717, 1.165) is 4.90 Å². The van der Waals surface area contributed by atoms with Gasteiger partial charge in [0.2, 0.25) is 0 Å². The Hall–Kier alpha value is -0.580. The standard InChI is InChI=1S/C10H15NO3.Na/c1-6(2)9(12)11(7(3)4)8(5)10(13)14;/h7H,1,5H2,2-4H3,(H,13,14);/q;+1/p-1. The van der Waals surface area contributed by atoms with E-state index < -0.39 is 11.9 Å². The minimum atomic E-state index is -1.45. The number of carboxylic acids is 1. The van der Waals surface area contributed by atoms with Gasteiger partial charge in [-0.3, -0.25) is 4.79 Å². The molecular formula is C10H14NNaO3. The van der Waals surface area contributed by atoms with Crippen LogP contribution < -0.4 is 34.7 Å². The summed E-state index contributed by atoms with van der Waals surface area (Å²) < 4.78 is 0. The van der Waals surface area contributed by atoms with Crippen LogP contribution in [0, 0.1) is 0 Å². The maximum Gasteiger partial charge on any atom is 1.00 e. The maximum absolute atomic E-state index is 11.5. The van der Waals surface area contributed by atoms with Gasteiger partial charge in [-0.15, -0.1) is 0 Å². The van der Waals surface area contributed by atoms with Gasteiger partial charge < -0.3 is 14.8 Å². The first kappa shape index (κ1) is 16.8. The SMILES string of the molecule is C=C(C)C(=O)N(C(=C)C(=O)[O-])C(C)C.[Na+]. The first-order valence-corrected chi connectivity index (χ1v) is 4.18. The van der Waals surface area contributed by atoms with Crippen molar-refractivity contribution in [2.24, 2.45) is 0 Å². The normalized spacial score (nSPS) is 9.07. The Morgan fingerprint density at radius 1 is 1.27 bits per heavy atom. The molecule has 0 fully saturated rings. The van der Waals surface area contributed by atoms with Crippen molar-refractivity contribution in [2.75, 3.05) is 0 Å². The summed E-state index contributed by atoms with van der Waals surface area (Å²) in [5.41, 5.74) is -0.0749. The van der Waals surface area contributed by atoms with Gasteiger partial charge in [-0.25, -0.2) is 0 Å². The van der Waals surface area contributed by atoms with Crippen LogP contribution in [0.2, 0.25) is 0 Å². The van der Waals surface area contributed by atoms with Crippen molar-refractivity contribution in [3.63, 3.8) is 0 Å². The number of carboxylic acid groups (broad SMARTS) is 1. The number of amides is 1. The number of hydrogen-bond donors (Lipinski definition) is 0. The van der Waals surface area contributed by atoms with Crippen molar-refractivity contribution in [3.05, 3.63) is 24.4 Å². The molecule has 0 spiro atoms. The molecule has 5 heteroatoms. The molecule has 4 nitrogen and oxygen atoms in total. The molecule has 0 radical (unpaired) electrons. The minimum absolute atomic E-state index is 0. The van der Waals surface area contributed by atoms with Gasteiger partial charge in [0, 0.05) is 11.6 Å². The molecule has 0 saturated heterocycles. The zero-order valence-electron chi connectivity index (χ0n) is 9.66. The Morgan fingerprint density at radius 2 is 1.67 bits per heavy atom. The van der Waals surface area contributed by atoms with Crippen LogP contribution in [-0.4, -0.2) is 22.8 Å². The van der Waals surface area contributed by atoms with Crippen molar-refractivity contribution in [3.8, 4) is 0 Å². The van der Waals surface area contributed by atoms with Gasteiger partial charge in [0.05, 0.1) is 11.7 Å². The van der Waals surface area contributed by atoms with Gasteiger partial charge in [0.15, 0.2) is 0 Å². The van der Waals surface area contributed by atoms with E-state index in [1.807, 2.05) is 0 Å². The summed E-state index contributed by atoms with van der Waals surface area (Å²) in [5.74, 6) is -1.90. The zero-order chi connectivity index (χ0) is 11.5. The van der Waals surface area contributed by atoms with Crippen molar-refractivity contribution >= 4 is 11.9 Å². The molecular weight excluding hydrogens is 205 g/mol. The van der Waals surface area contributed by atoms with Crippen LogP contribution in [0.1, 0.15) is 20.8 Å². The minimum Gasteiger partial charge on any atom is -0.543 e. The summed E-state index contributed by atoms with van der Waals surface area (Å²) in [5, 5.41) is 10.5. The molecule has 0 aliphatic rings. The van der Waals surface area contributed by atoms with Gasteiger partial charge >= 0.3 is 29.6 Å². The van der Waals surface area contributed by atoms with E-state index in [-0.39, 0.29) is 46.9 Å². The number of rotatable bonds is 4. The third-order valence-electron chi connectivity index (χ3n) is 1.63. The molecule has 0 aromatic carbocycles. The van der Waals surface area contributed by atoms with E-state index in [2.05, 4.69) is 13.2 Å². The molecule has 78 valence electrons. The van der Waals surface area contributed by atoms with Crippen LogP contribution in [0.25, 0.3) is 0 Å². The van der Waals surface area contributed by atoms with E-state index in [1.165, 1.54) is 6.92 Å². The smallest absolute Gasteiger partial charge is 0.543 e. The molecule has 0 aromatic rings. The van der Waals surface area contributed by atoms with Crippen LogP contribution >= 0.6 is 0 Å². The van der Waals surface area contributed by atoms with E-state index in [0.29, 0.717) is 0 Å². The molecule has 0 saturated carbocycles. The second-order valence-corrected chi connectivity index (χ2v) is 3.28. The summed E-state index contributed by atoms with van der Waals surface area (Å²) in [6, 6.07) is -0.287. The fraction of sp³-hybridized carbons (Fsp3) is 0.400. The van der Waals surface area contributed by atoms with E-state index in [9.17, 15) is 14.7 Å². The summed E-state index contributed by atoms with van der Waals surface area (Å²) in [7, 11) is 0. The molecule has 0 aromatic heterocycles. The van der Waals surface area contributed by atoms with Crippen molar-refractivity contribution < 1.29 is 44.3 Å². The molecule has 0 atom stereocenters. The zero-order valence-corrected chi connectivity index (χ0v) is 11.7. The second kappa shape index (κ2) is 6.82. The van der Waals surface area contributed by atoms with Gasteiger partial charge in [0.25, 0.3) is 5.91 Å². The quantitative estimate of drug-likeness (QED) is 0.375. The molecule has 0 rings (SSSR count). The van der Waals surface area contributed by atoms with Gasteiger partial charge in [0.1, 0.15) is 0 Å². The molecule has 0 unspecified atom stereocenters. The number of nitrogens with zero attached hydrogens (tertiary/aromatic N) is 1. The first-order valence-electron chi connectivity index (χ1n) is 4.18. The molecule has 0 aliphatic carbocycles. The predicted octanol–water partition coefficient (Wildman–Crippen LogP) is -2.93. The Bertz CT molecular complexity index is 271. The molecule has 1 amide bonds.